The van der Waals surface area contributed by atoms with Gasteiger partial charge >= 0.3 is 5.97 Å². The Morgan fingerprint density at radius 3 is 2.79 bits per heavy atom. The maximum absolute atomic E-state index is 12.0. The molecule has 1 amide bonds. The molecule has 0 saturated carbocycles. The van der Waals surface area contributed by atoms with Crippen LogP contribution < -0.4 is 5.32 Å². The standard InChI is InChI=1S/C12H13BrClNO3S/c1-18-12(17)9(13)6-15-11(16)8-5-7(19-2)3-4-10(8)14/h3-5,9H,6H2,1-2H3,(H,15,16). The van der Waals surface area contributed by atoms with Gasteiger partial charge in [0.15, 0.2) is 0 Å². The van der Waals surface area contributed by atoms with Crippen molar-refractivity contribution in [3.63, 3.8) is 0 Å². The molecule has 0 saturated heterocycles. The van der Waals surface area contributed by atoms with Gasteiger partial charge in [-0.3, -0.25) is 9.59 Å². The Hall–Kier alpha value is -0.720. The van der Waals surface area contributed by atoms with Crippen LogP contribution in [0, 0.1) is 0 Å². The highest BCUT2D eigenvalue weighted by atomic mass is 79.9. The highest BCUT2D eigenvalue weighted by molar-refractivity contribution is 9.10. The van der Waals surface area contributed by atoms with Gasteiger partial charge in [0.1, 0.15) is 4.83 Å². The topological polar surface area (TPSA) is 55.4 Å². The zero-order valence-corrected chi connectivity index (χ0v) is 13.6. The Labute approximate surface area is 129 Å². The Bertz CT molecular complexity index is 484. The van der Waals surface area contributed by atoms with Crippen LogP contribution in [0.25, 0.3) is 0 Å². The lowest BCUT2D eigenvalue weighted by atomic mass is 10.2. The minimum absolute atomic E-state index is 0.130. The van der Waals surface area contributed by atoms with E-state index in [0.29, 0.717) is 10.6 Å². The largest absolute Gasteiger partial charge is 0.468 e. The fourth-order valence-electron chi connectivity index (χ4n) is 1.29. The maximum Gasteiger partial charge on any atom is 0.321 e. The molecule has 0 aliphatic carbocycles. The van der Waals surface area contributed by atoms with Crippen LogP contribution in [0.1, 0.15) is 10.4 Å². The van der Waals surface area contributed by atoms with Crippen molar-refractivity contribution in [1.29, 1.82) is 0 Å². The van der Waals surface area contributed by atoms with E-state index in [1.165, 1.54) is 18.9 Å². The van der Waals surface area contributed by atoms with Gasteiger partial charge in [0, 0.05) is 11.4 Å². The summed E-state index contributed by atoms with van der Waals surface area (Å²) >= 11 is 10.6. The van der Waals surface area contributed by atoms with E-state index in [9.17, 15) is 9.59 Å². The first kappa shape index (κ1) is 16.3. The highest BCUT2D eigenvalue weighted by Gasteiger charge is 2.17. The molecule has 104 valence electrons. The second-order valence-electron chi connectivity index (χ2n) is 3.55. The summed E-state index contributed by atoms with van der Waals surface area (Å²) in [6, 6.07) is 5.23. The summed E-state index contributed by atoms with van der Waals surface area (Å²) in [6.45, 7) is 0.130. The van der Waals surface area contributed by atoms with Gasteiger partial charge in [0.2, 0.25) is 0 Å². The van der Waals surface area contributed by atoms with Gasteiger partial charge < -0.3 is 10.1 Å². The van der Waals surface area contributed by atoms with Crippen LogP contribution >= 0.6 is 39.3 Å². The van der Waals surface area contributed by atoms with Gasteiger partial charge in [0.25, 0.3) is 5.91 Å². The molecule has 0 aliphatic heterocycles. The molecule has 1 N–H and O–H groups in total. The van der Waals surface area contributed by atoms with Crippen molar-refractivity contribution in [2.45, 2.75) is 9.72 Å². The number of methoxy groups -OCH3 is 1. The Morgan fingerprint density at radius 1 is 1.53 bits per heavy atom. The molecule has 0 aromatic heterocycles. The number of thioether (sulfide) groups is 1. The summed E-state index contributed by atoms with van der Waals surface area (Å²) in [5, 5.41) is 3.00. The van der Waals surface area contributed by atoms with Gasteiger partial charge in [-0.2, -0.15) is 0 Å². The van der Waals surface area contributed by atoms with E-state index in [4.69, 9.17) is 11.6 Å². The van der Waals surface area contributed by atoms with Gasteiger partial charge in [-0.1, -0.05) is 27.5 Å². The van der Waals surface area contributed by atoms with E-state index < -0.39 is 10.8 Å². The van der Waals surface area contributed by atoms with Crippen LogP contribution in [-0.2, 0) is 9.53 Å². The molecular formula is C12H13BrClNO3S. The van der Waals surface area contributed by atoms with E-state index in [2.05, 4.69) is 26.0 Å². The first-order valence-electron chi connectivity index (χ1n) is 5.33. The molecule has 1 aromatic carbocycles. The van der Waals surface area contributed by atoms with Crippen molar-refractivity contribution in [2.75, 3.05) is 19.9 Å². The number of hydrogen-bond donors (Lipinski definition) is 1. The molecule has 1 aromatic rings. The molecule has 0 radical (unpaired) electrons. The lowest BCUT2D eigenvalue weighted by molar-refractivity contribution is -0.139. The van der Waals surface area contributed by atoms with Gasteiger partial charge in [0.05, 0.1) is 17.7 Å². The summed E-state index contributed by atoms with van der Waals surface area (Å²) in [5.41, 5.74) is 0.387. The quantitative estimate of drug-likeness (QED) is 0.494. The molecule has 0 aliphatic rings. The average molecular weight is 367 g/mol. The Balaban J connectivity index is 2.70. The van der Waals surface area contributed by atoms with Crippen LogP contribution in [0.2, 0.25) is 5.02 Å². The van der Waals surface area contributed by atoms with Gasteiger partial charge in [-0.05, 0) is 24.5 Å². The maximum atomic E-state index is 12.0. The fourth-order valence-corrected chi connectivity index (χ4v) is 2.29. The lowest BCUT2D eigenvalue weighted by Crippen LogP contribution is -2.34. The molecule has 0 heterocycles. The number of nitrogens with one attached hydrogen (secondary N) is 1. The number of carbonyl (C=O) groups excluding carboxylic acids is 2. The molecule has 1 atom stereocenters. The van der Waals surface area contributed by atoms with E-state index in [1.807, 2.05) is 12.3 Å². The average Bonchev–Trinajstić information content (AvgIpc) is 2.43. The first-order chi connectivity index (χ1) is 8.99. The molecule has 4 nitrogen and oxygen atoms in total. The number of esters is 1. The SMILES string of the molecule is COC(=O)C(Br)CNC(=O)c1cc(SC)ccc1Cl. The van der Waals surface area contributed by atoms with E-state index in [0.717, 1.165) is 4.90 Å². The summed E-state index contributed by atoms with van der Waals surface area (Å²) in [5.74, 6) is -0.765. The number of halogens is 2. The summed E-state index contributed by atoms with van der Waals surface area (Å²) < 4.78 is 4.54. The highest BCUT2D eigenvalue weighted by Crippen LogP contribution is 2.22. The monoisotopic (exact) mass is 365 g/mol. The molecule has 0 fully saturated rings. The predicted molar refractivity (Wildman–Crippen MR) is 80.3 cm³/mol. The smallest absolute Gasteiger partial charge is 0.321 e. The van der Waals surface area contributed by atoms with Gasteiger partial charge in [-0.15, -0.1) is 11.8 Å². The van der Waals surface area contributed by atoms with Crippen molar-refractivity contribution in [1.82, 2.24) is 5.32 Å². The summed E-state index contributed by atoms with van der Waals surface area (Å²) in [4.78, 5) is 23.5. The van der Waals surface area contributed by atoms with E-state index >= 15 is 0 Å². The third-order valence-corrected chi connectivity index (χ3v) is 4.07. The second kappa shape index (κ2) is 7.77. The third-order valence-electron chi connectivity index (χ3n) is 2.32. The Kier molecular flexibility index (Phi) is 6.68. The van der Waals surface area contributed by atoms with Crippen molar-refractivity contribution in [3.05, 3.63) is 28.8 Å². The second-order valence-corrected chi connectivity index (χ2v) is 5.94. The number of amides is 1. The van der Waals surface area contributed by atoms with Crippen molar-refractivity contribution >= 4 is 51.2 Å². The van der Waals surface area contributed by atoms with Crippen LogP contribution in [0.5, 0.6) is 0 Å². The van der Waals surface area contributed by atoms with E-state index in [1.54, 1.807) is 12.1 Å². The van der Waals surface area contributed by atoms with Crippen LogP contribution in [-0.4, -0.2) is 36.6 Å². The number of benzene rings is 1. The molecule has 19 heavy (non-hydrogen) atoms. The van der Waals surface area contributed by atoms with Crippen LogP contribution in [0.15, 0.2) is 23.1 Å². The fraction of sp³-hybridized carbons (Fsp3) is 0.333. The number of ether oxygens (including phenoxy) is 1. The third kappa shape index (κ3) is 4.71. The van der Waals surface area contributed by atoms with Crippen molar-refractivity contribution < 1.29 is 14.3 Å². The number of carbonyl (C=O) groups is 2. The normalized spacial score (nSPS) is 11.8. The Morgan fingerprint density at radius 2 is 2.21 bits per heavy atom. The number of hydrogen-bond acceptors (Lipinski definition) is 4. The number of rotatable bonds is 5. The first-order valence-corrected chi connectivity index (χ1v) is 7.85. The molecule has 0 bridgehead atoms. The molecular weight excluding hydrogens is 354 g/mol. The molecule has 1 unspecified atom stereocenters. The minimum Gasteiger partial charge on any atom is -0.468 e. The van der Waals surface area contributed by atoms with Gasteiger partial charge in [-0.25, -0.2) is 0 Å². The van der Waals surface area contributed by atoms with Crippen molar-refractivity contribution in [3.8, 4) is 0 Å². The molecule has 0 spiro atoms. The van der Waals surface area contributed by atoms with E-state index in [-0.39, 0.29) is 12.5 Å². The summed E-state index contributed by atoms with van der Waals surface area (Å²) in [7, 11) is 1.29. The minimum atomic E-state index is -0.580. The number of alkyl halides is 1. The van der Waals surface area contributed by atoms with Crippen molar-refractivity contribution in [2.24, 2.45) is 0 Å². The summed E-state index contributed by atoms with van der Waals surface area (Å²) in [6.07, 6.45) is 1.91. The van der Waals surface area contributed by atoms with Crippen LogP contribution in [0.4, 0.5) is 0 Å². The van der Waals surface area contributed by atoms with Crippen LogP contribution in [0.3, 0.4) is 0 Å². The molecule has 1 rings (SSSR count). The zero-order chi connectivity index (χ0) is 14.4. The molecule has 7 heteroatoms. The predicted octanol–water partition coefficient (Wildman–Crippen LogP) is 2.73. The lowest BCUT2D eigenvalue weighted by Gasteiger charge is -2.10. The zero-order valence-electron chi connectivity index (χ0n) is 10.4.